The highest BCUT2D eigenvalue weighted by Crippen LogP contribution is 2.35. The maximum absolute atomic E-state index is 12.3. The van der Waals surface area contributed by atoms with Crippen LogP contribution in [0.3, 0.4) is 0 Å². The number of carbonyl (C=O) groups is 2. The maximum Gasteiger partial charge on any atom is 0.328 e. The molecule has 20 heavy (non-hydrogen) atoms. The quantitative estimate of drug-likeness (QED) is 0.804. The van der Waals surface area contributed by atoms with Gasteiger partial charge >= 0.3 is 12.0 Å². The van der Waals surface area contributed by atoms with Gasteiger partial charge in [0, 0.05) is 12.6 Å². The van der Waals surface area contributed by atoms with Gasteiger partial charge in [-0.15, -0.1) is 0 Å². The summed E-state index contributed by atoms with van der Waals surface area (Å²) in [5.74, 6) is -1.01. The molecule has 1 saturated heterocycles. The lowest BCUT2D eigenvalue weighted by molar-refractivity contribution is -0.147. The van der Waals surface area contributed by atoms with Crippen molar-refractivity contribution in [1.82, 2.24) is 10.2 Å². The van der Waals surface area contributed by atoms with Gasteiger partial charge in [-0.05, 0) is 24.7 Å². The van der Waals surface area contributed by atoms with E-state index in [0.717, 1.165) is 19.3 Å². The molecular weight excluding hydrogens is 260 g/mol. The fourth-order valence-corrected chi connectivity index (χ4v) is 3.13. The zero-order valence-electron chi connectivity index (χ0n) is 12.2. The summed E-state index contributed by atoms with van der Waals surface area (Å²) in [6.07, 6.45) is 4.19. The third-order valence-electron chi connectivity index (χ3n) is 4.21. The Balaban J connectivity index is 1.94. The maximum atomic E-state index is 12.3. The smallest absolute Gasteiger partial charge is 0.328 e. The number of amides is 2. The van der Waals surface area contributed by atoms with E-state index in [1.54, 1.807) is 0 Å². The molecule has 2 aliphatic rings. The van der Waals surface area contributed by atoms with Crippen molar-refractivity contribution in [3.63, 3.8) is 0 Å². The Morgan fingerprint density at radius 1 is 1.40 bits per heavy atom. The minimum Gasteiger partial charge on any atom is -0.480 e. The zero-order valence-corrected chi connectivity index (χ0v) is 12.2. The highest BCUT2D eigenvalue weighted by atomic mass is 16.5. The van der Waals surface area contributed by atoms with Crippen LogP contribution in [0, 0.1) is 5.41 Å². The Bertz CT molecular complexity index is 383. The van der Waals surface area contributed by atoms with Crippen LogP contribution in [0.25, 0.3) is 0 Å². The van der Waals surface area contributed by atoms with Gasteiger partial charge in [-0.1, -0.05) is 20.3 Å². The van der Waals surface area contributed by atoms with Gasteiger partial charge in [-0.3, -0.25) is 0 Å². The fraction of sp³-hybridized carbons (Fsp3) is 0.857. The summed E-state index contributed by atoms with van der Waals surface area (Å²) in [6.45, 7) is 5.21. The SMILES string of the molecule is CC1(C)CCCC(NC(=O)N2CCOCC2C(=O)O)C1. The number of carboxylic acids is 1. The largest absolute Gasteiger partial charge is 0.480 e. The van der Waals surface area contributed by atoms with Gasteiger partial charge in [0.1, 0.15) is 0 Å². The molecule has 0 aromatic rings. The Kier molecular flexibility index (Phi) is 4.52. The van der Waals surface area contributed by atoms with Gasteiger partial charge in [0.25, 0.3) is 0 Å². The average Bonchev–Trinajstić information content (AvgIpc) is 2.37. The predicted molar refractivity (Wildman–Crippen MR) is 73.5 cm³/mol. The molecule has 6 nitrogen and oxygen atoms in total. The number of aliphatic carboxylic acids is 1. The van der Waals surface area contributed by atoms with E-state index in [1.807, 2.05) is 0 Å². The summed E-state index contributed by atoms with van der Waals surface area (Å²) in [6, 6.07) is -1.01. The van der Waals surface area contributed by atoms with Crippen LogP contribution < -0.4 is 5.32 Å². The number of nitrogens with zero attached hydrogens (tertiary/aromatic N) is 1. The molecule has 2 amide bonds. The first-order chi connectivity index (χ1) is 9.39. The summed E-state index contributed by atoms with van der Waals surface area (Å²) in [5, 5.41) is 12.1. The van der Waals surface area contributed by atoms with E-state index in [4.69, 9.17) is 9.84 Å². The van der Waals surface area contributed by atoms with E-state index in [0.29, 0.717) is 13.2 Å². The number of morpholine rings is 1. The zero-order chi connectivity index (χ0) is 14.8. The second-order valence-corrected chi connectivity index (χ2v) is 6.53. The minimum atomic E-state index is -1.01. The highest BCUT2D eigenvalue weighted by Gasteiger charge is 2.35. The molecule has 0 aromatic heterocycles. The van der Waals surface area contributed by atoms with Crippen molar-refractivity contribution >= 4 is 12.0 Å². The van der Waals surface area contributed by atoms with E-state index in [9.17, 15) is 9.59 Å². The molecule has 2 N–H and O–H groups in total. The number of hydrogen-bond acceptors (Lipinski definition) is 3. The van der Waals surface area contributed by atoms with Crippen molar-refractivity contribution in [2.75, 3.05) is 19.8 Å². The number of nitrogens with one attached hydrogen (secondary N) is 1. The summed E-state index contributed by atoms with van der Waals surface area (Å²) < 4.78 is 5.14. The molecule has 0 bridgehead atoms. The third-order valence-corrected chi connectivity index (χ3v) is 4.21. The van der Waals surface area contributed by atoms with Crippen LogP contribution >= 0.6 is 0 Å². The number of rotatable bonds is 2. The van der Waals surface area contributed by atoms with Gasteiger partial charge < -0.3 is 20.1 Å². The van der Waals surface area contributed by atoms with Crippen LogP contribution in [-0.4, -0.2) is 53.8 Å². The van der Waals surface area contributed by atoms with Crippen molar-refractivity contribution in [1.29, 1.82) is 0 Å². The molecule has 1 saturated carbocycles. The van der Waals surface area contributed by atoms with E-state index < -0.39 is 12.0 Å². The van der Waals surface area contributed by atoms with Gasteiger partial charge in [0.15, 0.2) is 6.04 Å². The number of carbonyl (C=O) groups excluding carboxylic acids is 1. The molecule has 1 heterocycles. The van der Waals surface area contributed by atoms with Crippen molar-refractivity contribution in [2.24, 2.45) is 5.41 Å². The number of hydrogen-bond donors (Lipinski definition) is 2. The second-order valence-electron chi connectivity index (χ2n) is 6.53. The van der Waals surface area contributed by atoms with E-state index >= 15 is 0 Å². The van der Waals surface area contributed by atoms with E-state index in [2.05, 4.69) is 19.2 Å². The van der Waals surface area contributed by atoms with Crippen LogP contribution in [0.4, 0.5) is 4.79 Å². The standard InChI is InChI=1S/C14H24N2O4/c1-14(2)5-3-4-10(8-14)15-13(19)16-6-7-20-9-11(16)12(17)18/h10-11H,3-9H2,1-2H3,(H,15,19)(H,17,18). The average molecular weight is 284 g/mol. The number of urea groups is 1. The lowest BCUT2D eigenvalue weighted by Crippen LogP contribution is -2.57. The molecule has 2 atom stereocenters. The third kappa shape index (κ3) is 3.62. The number of carboxylic acid groups (broad SMARTS) is 1. The molecule has 2 fully saturated rings. The summed E-state index contributed by atoms with van der Waals surface area (Å²) in [4.78, 5) is 24.8. The summed E-state index contributed by atoms with van der Waals surface area (Å²) in [7, 11) is 0. The molecule has 0 radical (unpaired) electrons. The lowest BCUT2D eigenvalue weighted by Gasteiger charge is -2.38. The van der Waals surface area contributed by atoms with Crippen LogP contribution in [0.1, 0.15) is 39.5 Å². The Morgan fingerprint density at radius 3 is 2.80 bits per heavy atom. The molecule has 0 aromatic carbocycles. The normalized spacial score (nSPS) is 29.8. The van der Waals surface area contributed by atoms with Crippen molar-refractivity contribution in [2.45, 2.75) is 51.6 Å². The van der Waals surface area contributed by atoms with Gasteiger partial charge in [0.05, 0.1) is 13.2 Å². The first kappa shape index (κ1) is 15.1. The predicted octanol–water partition coefficient (Wildman–Crippen LogP) is 1.45. The first-order valence-electron chi connectivity index (χ1n) is 7.27. The van der Waals surface area contributed by atoms with Gasteiger partial charge in [-0.2, -0.15) is 0 Å². The lowest BCUT2D eigenvalue weighted by atomic mass is 9.75. The second kappa shape index (κ2) is 5.99. The minimum absolute atomic E-state index is 0.0684. The van der Waals surface area contributed by atoms with Gasteiger partial charge in [-0.25, -0.2) is 9.59 Å². The molecule has 2 unspecified atom stereocenters. The molecule has 2 rings (SSSR count). The molecule has 1 aliphatic heterocycles. The monoisotopic (exact) mass is 284 g/mol. The van der Waals surface area contributed by atoms with Crippen LogP contribution in [0.2, 0.25) is 0 Å². The Morgan fingerprint density at radius 2 is 2.15 bits per heavy atom. The van der Waals surface area contributed by atoms with Gasteiger partial charge in [0.2, 0.25) is 0 Å². The molecule has 114 valence electrons. The molecule has 6 heteroatoms. The van der Waals surface area contributed by atoms with Crippen LogP contribution in [0.15, 0.2) is 0 Å². The summed E-state index contributed by atoms with van der Waals surface area (Å²) in [5.41, 5.74) is 0.243. The molecular formula is C14H24N2O4. The van der Waals surface area contributed by atoms with Crippen LogP contribution in [-0.2, 0) is 9.53 Å². The van der Waals surface area contributed by atoms with E-state index in [-0.39, 0.29) is 24.1 Å². The Labute approximate surface area is 119 Å². The van der Waals surface area contributed by atoms with Crippen molar-refractivity contribution < 1.29 is 19.4 Å². The van der Waals surface area contributed by atoms with Crippen molar-refractivity contribution in [3.8, 4) is 0 Å². The molecule has 1 aliphatic carbocycles. The first-order valence-corrected chi connectivity index (χ1v) is 7.27. The fourth-order valence-electron chi connectivity index (χ4n) is 3.13. The van der Waals surface area contributed by atoms with E-state index in [1.165, 1.54) is 11.3 Å². The van der Waals surface area contributed by atoms with Crippen LogP contribution in [0.5, 0.6) is 0 Å². The number of ether oxygens (including phenoxy) is 1. The Hall–Kier alpha value is -1.30. The topological polar surface area (TPSA) is 78.9 Å². The van der Waals surface area contributed by atoms with Crippen molar-refractivity contribution in [3.05, 3.63) is 0 Å². The molecule has 0 spiro atoms. The highest BCUT2D eigenvalue weighted by molar-refractivity contribution is 5.83. The summed E-state index contributed by atoms with van der Waals surface area (Å²) >= 11 is 0.